The van der Waals surface area contributed by atoms with Crippen LogP contribution in [0.15, 0.2) is 28.1 Å². The highest BCUT2D eigenvalue weighted by molar-refractivity contribution is 9.10. The van der Waals surface area contributed by atoms with Gasteiger partial charge in [0.05, 0.1) is 5.01 Å². The highest BCUT2D eigenvalue weighted by atomic mass is 79.9. The molecule has 0 aliphatic heterocycles. The van der Waals surface area contributed by atoms with Gasteiger partial charge in [0, 0.05) is 15.4 Å². The molecule has 0 fully saturated rings. The summed E-state index contributed by atoms with van der Waals surface area (Å²) in [7, 11) is 0. The van der Waals surface area contributed by atoms with Gasteiger partial charge < -0.3 is 0 Å². The zero-order valence-electron chi connectivity index (χ0n) is 8.42. The van der Waals surface area contributed by atoms with Crippen molar-refractivity contribution in [2.75, 3.05) is 0 Å². The van der Waals surface area contributed by atoms with E-state index in [1.807, 2.05) is 12.3 Å². The van der Waals surface area contributed by atoms with E-state index in [9.17, 15) is 4.39 Å². The molecule has 0 atom stereocenters. The molecule has 80 valence electrons. The summed E-state index contributed by atoms with van der Waals surface area (Å²) in [6.07, 6.45) is 0. The molecule has 1 nitrogen and oxygen atoms in total. The minimum absolute atomic E-state index is 0.298. The minimum atomic E-state index is -0.298. The molecule has 1 aromatic heterocycles. The number of rotatable bonds is 0. The second-order valence-electron chi connectivity index (χ2n) is 3.16. The molecule has 0 amide bonds. The Morgan fingerprint density at radius 1 is 1.31 bits per heavy atom. The summed E-state index contributed by atoms with van der Waals surface area (Å²) in [6, 6.07) is 4.57. The molecule has 1 aromatic carbocycles. The van der Waals surface area contributed by atoms with Crippen molar-refractivity contribution < 1.29 is 4.39 Å². The minimum Gasteiger partial charge on any atom is -0.233 e. The lowest BCUT2D eigenvalue weighted by atomic mass is 10.2. The quantitative estimate of drug-likeness (QED) is 0.675. The smallest absolute Gasteiger partial charge is 0.125 e. The molecule has 1 heterocycles. The van der Waals surface area contributed by atoms with Gasteiger partial charge in [0.15, 0.2) is 0 Å². The Bertz CT molecular complexity index is 560. The van der Waals surface area contributed by atoms with Gasteiger partial charge in [0.2, 0.25) is 0 Å². The summed E-state index contributed by atoms with van der Waals surface area (Å²) < 4.78 is 13.7. The van der Waals surface area contributed by atoms with Gasteiger partial charge >= 0.3 is 0 Å². The molecule has 2 aromatic rings. The van der Waals surface area contributed by atoms with E-state index in [0.717, 1.165) is 10.7 Å². The van der Waals surface area contributed by atoms with Gasteiger partial charge in [0.25, 0.3) is 0 Å². The van der Waals surface area contributed by atoms with Crippen LogP contribution in [0, 0.1) is 24.6 Å². The average molecular weight is 296 g/mol. The number of benzene rings is 1. The van der Waals surface area contributed by atoms with Crippen LogP contribution in [0.25, 0.3) is 0 Å². The van der Waals surface area contributed by atoms with E-state index in [-0.39, 0.29) is 5.82 Å². The van der Waals surface area contributed by atoms with Crippen LogP contribution in [-0.2, 0) is 0 Å². The Hall–Kier alpha value is -1.18. The van der Waals surface area contributed by atoms with Gasteiger partial charge in [-0.05, 0) is 31.0 Å². The van der Waals surface area contributed by atoms with E-state index < -0.39 is 0 Å². The van der Waals surface area contributed by atoms with Crippen LogP contribution in [0.5, 0.6) is 0 Å². The first-order valence-corrected chi connectivity index (χ1v) is 6.21. The molecule has 0 bridgehead atoms. The highest BCUT2D eigenvalue weighted by Crippen LogP contribution is 2.14. The van der Waals surface area contributed by atoms with Crippen molar-refractivity contribution in [3.63, 3.8) is 0 Å². The number of aryl methyl sites for hydroxylation is 1. The van der Waals surface area contributed by atoms with Crippen molar-refractivity contribution in [3.05, 3.63) is 50.1 Å². The highest BCUT2D eigenvalue weighted by Gasteiger charge is 1.96. The van der Waals surface area contributed by atoms with Gasteiger partial charge in [0.1, 0.15) is 11.5 Å². The van der Waals surface area contributed by atoms with E-state index in [0.29, 0.717) is 10.0 Å². The van der Waals surface area contributed by atoms with Crippen molar-refractivity contribution in [2.45, 2.75) is 6.92 Å². The predicted molar refractivity (Wildman–Crippen MR) is 66.9 cm³/mol. The van der Waals surface area contributed by atoms with E-state index >= 15 is 0 Å². The Labute approximate surface area is 105 Å². The van der Waals surface area contributed by atoms with Crippen LogP contribution in [-0.4, -0.2) is 4.98 Å². The maximum Gasteiger partial charge on any atom is 0.125 e. The van der Waals surface area contributed by atoms with Crippen LogP contribution in [0.2, 0.25) is 0 Å². The summed E-state index contributed by atoms with van der Waals surface area (Å²) in [4.78, 5) is 4.21. The molecule has 0 aliphatic carbocycles. The lowest BCUT2D eigenvalue weighted by Crippen LogP contribution is -1.80. The topological polar surface area (TPSA) is 12.9 Å². The molecule has 0 unspecified atom stereocenters. The number of hydrogen-bond acceptors (Lipinski definition) is 2. The first-order chi connectivity index (χ1) is 7.63. The van der Waals surface area contributed by atoms with Gasteiger partial charge in [-0.15, -0.1) is 11.3 Å². The standard InChI is InChI=1S/C12H7BrFNS/c1-8-15-12(7-16-8)3-2-9-4-10(13)6-11(14)5-9/h4-7H,1H3. The van der Waals surface area contributed by atoms with E-state index in [2.05, 4.69) is 32.8 Å². The van der Waals surface area contributed by atoms with Gasteiger partial charge in [-0.2, -0.15) is 0 Å². The van der Waals surface area contributed by atoms with Crippen molar-refractivity contribution in [1.29, 1.82) is 0 Å². The van der Waals surface area contributed by atoms with Gasteiger partial charge in [-0.3, -0.25) is 0 Å². The molecular formula is C12H7BrFNS. The van der Waals surface area contributed by atoms with Crippen LogP contribution < -0.4 is 0 Å². The summed E-state index contributed by atoms with van der Waals surface area (Å²) in [5.74, 6) is 5.48. The third-order valence-electron chi connectivity index (χ3n) is 1.82. The van der Waals surface area contributed by atoms with Crippen molar-refractivity contribution in [1.82, 2.24) is 4.98 Å². The normalized spacial score (nSPS) is 9.69. The molecule has 0 radical (unpaired) electrons. The largest absolute Gasteiger partial charge is 0.233 e. The van der Waals surface area contributed by atoms with Crippen molar-refractivity contribution >= 4 is 27.3 Å². The van der Waals surface area contributed by atoms with E-state index in [4.69, 9.17) is 0 Å². The second kappa shape index (κ2) is 4.77. The van der Waals surface area contributed by atoms with Crippen LogP contribution in [0.3, 0.4) is 0 Å². The SMILES string of the molecule is Cc1nc(C#Cc2cc(F)cc(Br)c2)cs1. The summed E-state index contributed by atoms with van der Waals surface area (Å²) in [5.41, 5.74) is 1.36. The third kappa shape index (κ3) is 2.91. The number of halogens is 2. The Balaban J connectivity index is 2.30. The molecule has 2 rings (SSSR count). The summed E-state index contributed by atoms with van der Waals surface area (Å²) in [6.45, 7) is 1.93. The molecule has 4 heteroatoms. The van der Waals surface area contributed by atoms with Crippen LogP contribution >= 0.6 is 27.3 Å². The lowest BCUT2D eigenvalue weighted by Gasteiger charge is -1.93. The second-order valence-corrected chi connectivity index (χ2v) is 5.14. The van der Waals surface area contributed by atoms with E-state index in [1.165, 1.54) is 12.1 Å². The molecule has 0 N–H and O–H groups in total. The summed E-state index contributed by atoms with van der Waals surface area (Å²) >= 11 is 4.77. The third-order valence-corrected chi connectivity index (χ3v) is 3.05. The van der Waals surface area contributed by atoms with E-state index in [1.54, 1.807) is 17.4 Å². The number of aromatic nitrogens is 1. The molecular weight excluding hydrogens is 289 g/mol. The maximum absolute atomic E-state index is 13.0. The monoisotopic (exact) mass is 295 g/mol. The molecule has 0 aliphatic rings. The lowest BCUT2D eigenvalue weighted by molar-refractivity contribution is 0.626. The average Bonchev–Trinajstić information content (AvgIpc) is 2.60. The molecule has 0 saturated heterocycles. The zero-order valence-corrected chi connectivity index (χ0v) is 10.8. The Morgan fingerprint density at radius 3 is 2.75 bits per heavy atom. The Morgan fingerprint density at radius 2 is 2.12 bits per heavy atom. The summed E-state index contributed by atoms with van der Waals surface area (Å²) in [5, 5.41) is 2.86. The predicted octanol–water partition coefficient (Wildman–Crippen LogP) is 3.75. The fourth-order valence-corrected chi connectivity index (χ4v) is 2.19. The van der Waals surface area contributed by atoms with Crippen molar-refractivity contribution in [2.24, 2.45) is 0 Å². The van der Waals surface area contributed by atoms with Crippen LogP contribution in [0.4, 0.5) is 4.39 Å². The number of thiazole rings is 1. The molecule has 0 spiro atoms. The fraction of sp³-hybridized carbons (Fsp3) is 0.0833. The Kier molecular flexibility index (Phi) is 3.37. The maximum atomic E-state index is 13.0. The first kappa shape index (κ1) is 11.3. The van der Waals surface area contributed by atoms with Gasteiger partial charge in [-0.25, -0.2) is 9.37 Å². The molecule has 16 heavy (non-hydrogen) atoms. The molecule has 0 saturated carbocycles. The first-order valence-electron chi connectivity index (χ1n) is 4.54. The van der Waals surface area contributed by atoms with Crippen molar-refractivity contribution in [3.8, 4) is 11.8 Å². The van der Waals surface area contributed by atoms with Gasteiger partial charge in [-0.1, -0.05) is 21.9 Å². The number of nitrogens with zero attached hydrogens (tertiary/aromatic N) is 1. The zero-order chi connectivity index (χ0) is 11.5. The van der Waals surface area contributed by atoms with Crippen LogP contribution in [0.1, 0.15) is 16.3 Å². The number of hydrogen-bond donors (Lipinski definition) is 0. The fourth-order valence-electron chi connectivity index (χ4n) is 1.18.